The number of benzene rings is 4. The Hall–Kier alpha value is -18.1. The van der Waals surface area contributed by atoms with Crippen molar-refractivity contribution in [2.75, 3.05) is 0 Å². The summed E-state index contributed by atoms with van der Waals surface area (Å²) < 4.78 is 0. The Morgan fingerprint density at radius 3 is 0.746 bits per heavy atom. The van der Waals surface area contributed by atoms with E-state index in [1.807, 2.05) is 198 Å². The first-order valence-electron chi connectivity index (χ1n) is 40.8. The van der Waals surface area contributed by atoms with Gasteiger partial charge in [0, 0.05) is 105 Å². The number of hydrogen-bond donors (Lipinski definition) is 4. The van der Waals surface area contributed by atoms with Crippen molar-refractivity contribution < 1.29 is 42.1 Å². The Bertz CT molecular complexity index is 8230. The fraction of sp³-hybridized carbons (Fsp3) is 0.0435. The first-order chi connectivity index (χ1) is 64.9. The van der Waals surface area contributed by atoms with Crippen LogP contribution in [0.15, 0.2) is 195 Å². The molecule has 22 heterocycles. The van der Waals surface area contributed by atoms with Crippen molar-refractivity contribution in [3.63, 3.8) is 0 Å². The number of nitrogens with zero attached hydrogens (tertiary/aromatic N) is 36. The second-order valence-corrected chi connectivity index (χ2v) is 29.6. The van der Waals surface area contributed by atoms with E-state index in [0.29, 0.717) is 194 Å². The molecule has 32 bridgehead atoms. The first-order valence-corrected chi connectivity index (χ1v) is 40.8. The van der Waals surface area contributed by atoms with Gasteiger partial charge in [-0.15, -0.1) is 0 Å². The summed E-state index contributed by atoms with van der Waals surface area (Å²) in [6.07, 6.45) is 38.1. The van der Waals surface area contributed by atoms with Gasteiger partial charge in [-0.25, -0.2) is 110 Å². The minimum Gasteiger partial charge on any atom is -0.357 e. The summed E-state index contributed by atoms with van der Waals surface area (Å²) in [5, 5.41) is 6.74. The van der Waals surface area contributed by atoms with Crippen LogP contribution in [-0.4, -0.2) is 179 Å². The molecule has 8 aliphatic rings. The average molecular weight is 2110 g/mol. The van der Waals surface area contributed by atoms with Crippen molar-refractivity contribution in [2.45, 2.75) is 27.7 Å². The standard InChI is InChI=1S/2C24H12N10.C22H12N12.C22H20N8.2Pt/c1-3-7-15-13(5-1)19-27-17-9-11-26-24(29-17)34-22-16-8-4-2-6-14(16)20(32-22)28-18-10-12-25-23(30-18)33-21(15)31-19;1-2-6-14-13(5-1)21-29-17-9-25-11-19(27-17)31-23-15-7-3-4-8-16(15)24(34-23)32-20-12-26-10-18(28-20)30-22(14)33-21;1-3-11-27-12(4-1)30-20-16-18(26-10-8-24-16)22(34-20)32-14-6-2-5-13(28-14)31-21-17-15(19(29-11)33-21)23-7-9-25-17;1-11-12(2)20-26-16-8-6-10-18(24-16)28-22-14(4)13(3)21(30-22)27-17-9-5-7-15(23-17)25-19(11)29-20;;/h2*1-12H;1-10H,(H2,27,28,29,30,31,32,33,34);5-10H,1-4H3,(H2,23,24,25,26,27,28,29,30);;/q2*-2;;;2*+2. The third-order valence-electron chi connectivity index (χ3n) is 21.1. The molecule has 4 N–H and O–H groups in total. The first kappa shape index (κ1) is 82.9. The van der Waals surface area contributed by atoms with Crippen molar-refractivity contribution in [1.29, 1.82) is 0 Å². The molecule has 42 heteroatoms. The number of hydrogen-bond acceptors (Lipinski definition) is 32. The molecule has 4 aromatic carbocycles. The van der Waals surface area contributed by atoms with Crippen LogP contribution in [0.3, 0.4) is 0 Å². The molecule has 18 aromatic rings. The van der Waals surface area contributed by atoms with E-state index in [4.69, 9.17) is 0 Å². The molecule has 0 saturated carbocycles. The van der Waals surface area contributed by atoms with Gasteiger partial charge < -0.3 is 79.7 Å². The van der Waals surface area contributed by atoms with E-state index in [1.165, 1.54) is 0 Å². The molecule has 0 aliphatic carbocycles. The summed E-state index contributed by atoms with van der Waals surface area (Å²) >= 11 is 0. The van der Waals surface area contributed by atoms with Crippen molar-refractivity contribution in [2.24, 2.45) is 0 Å². The molecule has 0 radical (unpaired) electrons. The summed E-state index contributed by atoms with van der Waals surface area (Å²) in [5.74, 6) is 6.99. The quantitative estimate of drug-likeness (QED) is 0.110. The van der Waals surface area contributed by atoms with Crippen molar-refractivity contribution in [3.8, 4) is 46.1 Å². The van der Waals surface area contributed by atoms with Gasteiger partial charge in [0.1, 0.15) is 90.6 Å². The molecule has 0 spiro atoms. The van der Waals surface area contributed by atoms with Crippen LogP contribution in [0.5, 0.6) is 0 Å². The molecule has 26 rings (SSSR count). The molecule has 0 unspecified atom stereocenters. The third kappa shape index (κ3) is 16.6. The van der Waals surface area contributed by atoms with Crippen LogP contribution in [0.4, 0.5) is 0 Å². The zero-order valence-corrected chi connectivity index (χ0v) is 74.4. The Morgan fingerprint density at radius 2 is 0.455 bits per heavy atom. The summed E-state index contributed by atoms with van der Waals surface area (Å²) in [6, 6.07) is 34.3. The van der Waals surface area contributed by atoms with E-state index >= 15 is 0 Å². The number of aromatic amines is 4. The predicted molar refractivity (Wildman–Crippen MR) is 492 cm³/mol. The van der Waals surface area contributed by atoms with E-state index < -0.39 is 0 Å². The Morgan fingerprint density at radius 1 is 0.216 bits per heavy atom. The third-order valence-corrected chi connectivity index (χ3v) is 21.1. The van der Waals surface area contributed by atoms with Crippen LogP contribution in [-0.2, 0) is 42.1 Å². The van der Waals surface area contributed by atoms with Gasteiger partial charge in [-0.2, -0.15) is 0 Å². The number of nitrogens with one attached hydrogen (secondary N) is 4. The zero-order valence-electron chi connectivity index (χ0n) is 69.8. The SMILES string of the molecule is C1=Cc2nc3nc(nc4[nH]c(nc5nc(nc([nH]2)=C1)-c1nccnc1-5)C=CC=4)-c1nccnc1-3.CC1=C(C)c2nc1nc1[nH]c(nc3nc(nc4[nH]c(n2)=CC=C4)C(C)=C3C)=CC=C1.[Pt+2].[Pt+2].c1ccc2c3nc4cncc(n4)nc4[n-]c(nc5cncc(n5)nc([n-]3)c2c1)c1ccccc41.c1ccc2c3nc4nccc(n4)nc4[n-]c(nc5nccc(n5)nc([n-]3)c2c1)c1ccccc41. The van der Waals surface area contributed by atoms with Crippen LogP contribution in [0, 0.1) is 0 Å². The van der Waals surface area contributed by atoms with Crippen molar-refractivity contribution in [1.82, 2.24) is 199 Å². The summed E-state index contributed by atoms with van der Waals surface area (Å²) in [6.45, 7) is 8.00. The number of fused-ring (bicyclic) bond motifs is 50. The predicted octanol–water partition coefficient (Wildman–Crippen LogP) is 9.53. The number of H-pyrrole nitrogens is 4. The minimum atomic E-state index is 0. The van der Waals surface area contributed by atoms with Gasteiger partial charge in [-0.1, -0.05) is 121 Å². The van der Waals surface area contributed by atoms with Gasteiger partial charge in [0.05, 0.1) is 36.1 Å². The Balaban J connectivity index is 0.000000107. The fourth-order valence-corrected chi connectivity index (χ4v) is 14.6. The van der Waals surface area contributed by atoms with Crippen molar-refractivity contribution >= 4 is 205 Å². The van der Waals surface area contributed by atoms with Gasteiger partial charge in [0.2, 0.25) is 0 Å². The summed E-state index contributed by atoms with van der Waals surface area (Å²) in [5.41, 5.74) is 14.8. The van der Waals surface area contributed by atoms with Crippen molar-refractivity contribution in [3.05, 3.63) is 264 Å². The molecule has 134 heavy (non-hydrogen) atoms. The molecular weight excluding hydrogens is 2060 g/mol. The topological polar surface area (TPSA) is 532 Å². The second-order valence-electron chi connectivity index (χ2n) is 29.6. The van der Waals surface area contributed by atoms with Gasteiger partial charge in [-0.3, -0.25) is 9.97 Å². The van der Waals surface area contributed by atoms with E-state index in [0.717, 1.165) is 65.4 Å². The van der Waals surface area contributed by atoms with Gasteiger partial charge >= 0.3 is 42.1 Å². The maximum atomic E-state index is 4.69. The zero-order chi connectivity index (χ0) is 88.3. The molecule has 644 valence electrons. The van der Waals surface area contributed by atoms with Crippen LogP contribution < -0.4 is 41.9 Å². The maximum absolute atomic E-state index is 4.69. The number of aromatic nitrogens is 40. The Labute approximate surface area is 778 Å². The van der Waals surface area contributed by atoms with Crippen LogP contribution >= 0.6 is 0 Å². The van der Waals surface area contributed by atoms with Crippen LogP contribution in [0.2, 0.25) is 0 Å². The largest absolute Gasteiger partial charge is 2.00 e. The van der Waals surface area contributed by atoms with E-state index in [-0.39, 0.29) is 53.7 Å². The smallest absolute Gasteiger partial charge is 0.357 e. The maximum Gasteiger partial charge on any atom is 2.00 e. The van der Waals surface area contributed by atoms with Gasteiger partial charge in [0.25, 0.3) is 0 Å². The average Bonchev–Trinajstić information content (AvgIpc) is 1.64. The van der Waals surface area contributed by atoms with Gasteiger partial charge in [-0.05, 0) is 132 Å². The van der Waals surface area contributed by atoms with E-state index in [1.54, 1.807) is 74.1 Å². The minimum absolute atomic E-state index is 0. The Kier molecular flexibility index (Phi) is 21.8. The van der Waals surface area contributed by atoms with Crippen LogP contribution in [0.1, 0.15) is 74.3 Å². The molecule has 40 nitrogen and oxygen atoms in total. The monoisotopic (exact) mass is 2110 g/mol. The second kappa shape index (κ2) is 35.2. The van der Waals surface area contributed by atoms with E-state index in [2.05, 4.69) is 199 Å². The molecular formula is C92H56N40Pt2. The number of allylic oxidation sites excluding steroid dienone is 8. The summed E-state index contributed by atoms with van der Waals surface area (Å²) in [7, 11) is 0. The molecule has 0 amide bonds. The van der Waals surface area contributed by atoms with Crippen LogP contribution in [0.25, 0.3) is 251 Å². The molecule has 0 saturated heterocycles. The molecule has 8 aliphatic heterocycles. The molecule has 0 fully saturated rings. The summed E-state index contributed by atoms with van der Waals surface area (Å²) in [4.78, 5) is 177. The number of rotatable bonds is 0. The normalized spacial score (nSPS) is 12.6. The fourth-order valence-electron chi connectivity index (χ4n) is 14.6. The molecule has 14 aromatic heterocycles. The van der Waals surface area contributed by atoms with E-state index in [9.17, 15) is 0 Å². The molecule has 0 atom stereocenters. The van der Waals surface area contributed by atoms with Gasteiger partial charge in [0.15, 0.2) is 58.2 Å².